The number of imidazole rings is 1. The largest absolute Gasteiger partial charge is 0.462 e. The molecule has 3 heterocycles. The van der Waals surface area contributed by atoms with Gasteiger partial charge in [-0.2, -0.15) is 15.1 Å². The fraction of sp³-hybridized carbons (Fsp3) is 0.538. The number of halogens is 1. The number of rotatable bonds is 13. The van der Waals surface area contributed by atoms with Crippen molar-refractivity contribution in [1.29, 1.82) is 0 Å². The maximum Gasteiger partial charge on any atom is 0.459 e. The number of nitrogens with one attached hydrogen (secondary N) is 2. The number of aromatic nitrogens is 4. The van der Waals surface area contributed by atoms with E-state index >= 15 is 4.39 Å². The quantitative estimate of drug-likeness (QED) is 0.137. The predicted octanol–water partition coefficient (Wildman–Crippen LogP) is 2.08. The Morgan fingerprint density at radius 3 is 2.65 bits per heavy atom. The van der Waals surface area contributed by atoms with Gasteiger partial charge in [-0.3, -0.25) is 13.9 Å². The van der Waals surface area contributed by atoms with E-state index in [9.17, 15) is 19.6 Å². The summed E-state index contributed by atoms with van der Waals surface area (Å²) in [7, 11) is -4.36. The number of ether oxygens (including phenoxy) is 2. The summed E-state index contributed by atoms with van der Waals surface area (Å²) < 4.78 is 53.5. The average molecular weight is 624 g/mol. The standard InChI is InChI=1S/C26H35FN7O8P/c1-14(2)40-23(37)15(3)33-43(38,42-17-7-5-4-6-8-17)39-11-18-20(36)26(27,12-35)24(41-18)34-13-29-19-21(30-16-9-10-16)31-25(28)32-22(19)34/h4-8,13-16,18,20,24,35-36H,9-12H2,1-3H3,(H,33,38)(H3,28,30,31,32)/t15?,18-,20-,24-,26-,43-/m1/s1. The Morgan fingerprint density at radius 1 is 1.28 bits per heavy atom. The summed E-state index contributed by atoms with van der Waals surface area (Å²) in [5, 5.41) is 26.8. The van der Waals surface area contributed by atoms with E-state index in [-0.39, 0.29) is 23.4 Å². The van der Waals surface area contributed by atoms with Crippen LogP contribution in [0.15, 0.2) is 36.7 Å². The van der Waals surface area contributed by atoms with Crippen LogP contribution in [0.1, 0.15) is 39.8 Å². The topological polar surface area (TPSA) is 205 Å². The van der Waals surface area contributed by atoms with Gasteiger partial charge in [-0.25, -0.2) is 13.9 Å². The van der Waals surface area contributed by atoms with E-state index in [0.717, 1.165) is 12.8 Å². The summed E-state index contributed by atoms with van der Waals surface area (Å²) in [4.78, 5) is 25.1. The molecule has 15 nitrogen and oxygen atoms in total. The molecule has 0 bridgehead atoms. The molecule has 2 fully saturated rings. The Labute approximate surface area is 246 Å². The fourth-order valence-corrected chi connectivity index (χ4v) is 6.04. The lowest BCUT2D eigenvalue weighted by Gasteiger charge is -2.27. The maximum absolute atomic E-state index is 16.3. The zero-order chi connectivity index (χ0) is 30.9. The second kappa shape index (κ2) is 12.3. The summed E-state index contributed by atoms with van der Waals surface area (Å²) in [6, 6.07) is 7.13. The number of nitrogens with zero attached hydrogens (tertiary/aromatic N) is 4. The van der Waals surface area contributed by atoms with Gasteiger partial charge in [0.25, 0.3) is 0 Å². The van der Waals surface area contributed by atoms with Crippen LogP contribution in [0.25, 0.3) is 11.2 Å². The first kappa shape index (κ1) is 31.0. The zero-order valence-corrected chi connectivity index (χ0v) is 24.7. The Kier molecular flexibility index (Phi) is 8.88. The molecule has 0 radical (unpaired) electrons. The van der Waals surface area contributed by atoms with Gasteiger partial charge >= 0.3 is 13.7 Å². The lowest BCUT2D eigenvalue weighted by molar-refractivity contribution is -0.149. The number of carbonyl (C=O) groups is 1. The molecule has 5 rings (SSSR count). The first-order valence-electron chi connectivity index (χ1n) is 13.8. The van der Waals surface area contributed by atoms with Crippen LogP contribution in [0.4, 0.5) is 16.2 Å². The van der Waals surface area contributed by atoms with Crippen LogP contribution in [0.5, 0.6) is 5.75 Å². The van der Waals surface area contributed by atoms with Crippen molar-refractivity contribution in [3.8, 4) is 5.75 Å². The molecular formula is C26H35FN7O8P. The van der Waals surface area contributed by atoms with Gasteiger partial charge in [0.05, 0.1) is 25.6 Å². The van der Waals surface area contributed by atoms with Crippen molar-refractivity contribution in [1.82, 2.24) is 24.6 Å². The molecule has 2 aliphatic rings. The van der Waals surface area contributed by atoms with E-state index < -0.39 is 63.2 Å². The van der Waals surface area contributed by atoms with Gasteiger partial charge in [0.2, 0.25) is 11.6 Å². The molecule has 1 unspecified atom stereocenters. The third kappa shape index (κ3) is 6.74. The number of esters is 1. The molecule has 6 atom stereocenters. The number of para-hydroxylation sites is 1. The number of aliphatic hydroxyl groups excluding tert-OH is 2. The molecule has 1 saturated heterocycles. The summed E-state index contributed by atoms with van der Waals surface area (Å²) in [6.45, 7) is 2.93. The second-order valence-corrected chi connectivity index (χ2v) is 12.5. The van der Waals surface area contributed by atoms with Gasteiger partial charge in [0.1, 0.15) is 24.0 Å². The highest BCUT2D eigenvalue weighted by molar-refractivity contribution is 7.52. The second-order valence-electron chi connectivity index (χ2n) is 10.8. The van der Waals surface area contributed by atoms with E-state index in [1.807, 2.05) is 0 Å². The minimum absolute atomic E-state index is 0.0977. The van der Waals surface area contributed by atoms with Gasteiger partial charge < -0.3 is 35.3 Å². The van der Waals surface area contributed by atoms with Crippen LogP contribution in [-0.4, -0.2) is 85.0 Å². The number of fused-ring (bicyclic) bond motifs is 1. The van der Waals surface area contributed by atoms with E-state index in [2.05, 4.69) is 25.4 Å². The van der Waals surface area contributed by atoms with Crippen LogP contribution in [-0.2, 0) is 23.4 Å². The molecule has 17 heteroatoms. The predicted molar refractivity (Wildman–Crippen MR) is 152 cm³/mol. The van der Waals surface area contributed by atoms with Crippen molar-refractivity contribution in [2.24, 2.45) is 0 Å². The van der Waals surface area contributed by atoms with Gasteiger partial charge in [-0.05, 0) is 45.7 Å². The van der Waals surface area contributed by atoms with Crippen molar-refractivity contribution in [3.05, 3.63) is 36.7 Å². The van der Waals surface area contributed by atoms with E-state index in [1.54, 1.807) is 32.0 Å². The number of hydrogen-bond donors (Lipinski definition) is 5. The van der Waals surface area contributed by atoms with Crippen molar-refractivity contribution in [3.63, 3.8) is 0 Å². The third-order valence-electron chi connectivity index (χ3n) is 6.84. The molecule has 0 spiro atoms. The molecule has 1 aromatic carbocycles. The number of nitrogen functional groups attached to an aromatic ring is 1. The summed E-state index contributed by atoms with van der Waals surface area (Å²) in [6.07, 6.45) is -2.30. The highest BCUT2D eigenvalue weighted by Gasteiger charge is 2.59. The van der Waals surface area contributed by atoms with E-state index in [4.69, 9.17) is 24.3 Å². The van der Waals surface area contributed by atoms with Gasteiger partial charge in [-0.15, -0.1) is 0 Å². The number of aliphatic hydroxyl groups is 2. The smallest absolute Gasteiger partial charge is 0.459 e. The molecule has 43 heavy (non-hydrogen) atoms. The first-order chi connectivity index (χ1) is 20.4. The molecule has 6 N–H and O–H groups in total. The van der Waals surface area contributed by atoms with Crippen LogP contribution >= 0.6 is 7.75 Å². The monoisotopic (exact) mass is 623 g/mol. The third-order valence-corrected chi connectivity index (χ3v) is 8.49. The molecule has 3 aromatic rings. The zero-order valence-electron chi connectivity index (χ0n) is 23.8. The highest BCUT2D eigenvalue weighted by Crippen LogP contribution is 2.48. The van der Waals surface area contributed by atoms with Gasteiger partial charge in [-0.1, -0.05) is 18.2 Å². The summed E-state index contributed by atoms with van der Waals surface area (Å²) >= 11 is 0. The van der Waals surface area contributed by atoms with Crippen molar-refractivity contribution in [2.45, 2.75) is 75.9 Å². The molecule has 234 valence electrons. The molecule has 1 aliphatic heterocycles. The van der Waals surface area contributed by atoms with Crippen LogP contribution in [0, 0.1) is 0 Å². The minimum Gasteiger partial charge on any atom is -0.462 e. The van der Waals surface area contributed by atoms with Gasteiger partial charge in [0, 0.05) is 6.04 Å². The SMILES string of the molecule is CC(C)OC(=O)C(C)N[P@@](=O)(OC[C@H]1O[C@@H](n2cnc3c(NC4CC4)nc(N)nc32)[C@@](F)(CO)[C@@H]1O)Oc1ccccc1. The molecule has 1 aliphatic carbocycles. The van der Waals surface area contributed by atoms with Gasteiger partial charge in [0.15, 0.2) is 23.2 Å². The van der Waals surface area contributed by atoms with E-state index in [1.165, 1.54) is 30.0 Å². The fourth-order valence-electron chi connectivity index (χ4n) is 4.54. The number of carbonyl (C=O) groups excluding carboxylic acids is 1. The van der Waals surface area contributed by atoms with Crippen molar-refractivity contribution >= 4 is 36.6 Å². The number of anilines is 2. The number of hydrogen-bond acceptors (Lipinski definition) is 13. The average Bonchev–Trinajstić information content (AvgIpc) is 3.62. The Hall–Kier alpha value is -3.40. The van der Waals surface area contributed by atoms with Crippen molar-refractivity contribution in [2.75, 3.05) is 24.3 Å². The van der Waals surface area contributed by atoms with Crippen LogP contribution in [0.3, 0.4) is 0 Å². The Morgan fingerprint density at radius 2 is 2.00 bits per heavy atom. The highest BCUT2D eigenvalue weighted by atomic mass is 31.2. The molecular weight excluding hydrogens is 588 g/mol. The van der Waals surface area contributed by atoms with Crippen LogP contribution < -0.4 is 20.7 Å². The summed E-state index contributed by atoms with van der Waals surface area (Å²) in [5.74, 6) is -0.286. The Bertz CT molecular complexity index is 1490. The van der Waals surface area contributed by atoms with E-state index in [0.29, 0.717) is 11.3 Å². The summed E-state index contributed by atoms with van der Waals surface area (Å²) in [5.41, 5.74) is 3.57. The number of nitrogens with two attached hydrogens (primary N) is 1. The van der Waals surface area contributed by atoms with Crippen LogP contribution in [0.2, 0.25) is 0 Å². The maximum atomic E-state index is 16.3. The molecule has 2 aromatic heterocycles. The number of alkyl halides is 1. The Balaban J connectivity index is 1.38. The number of benzene rings is 1. The molecule has 0 amide bonds. The van der Waals surface area contributed by atoms with Crippen molar-refractivity contribution < 1.29 is 42.5 Å². The molecule has 1 saturated carbocycles. The normalized spacial score (nSPS) is 25.9. The minimum atomic E-state index is -4.36. The lowest BCUT2D eigenvalue weighted by atomic mass is 9.97. The first-order valence-corrected chi connectivity index (χ1v) is 15.3. The lowest BCUT2D eigenvalue weighted by Crippen LogP contribution is -2.46.